The van der Waals surface area contributed by atoms with Gasteiger partial charge >= 0.3 is 0 Å². The molecule has 2 aromatic rings. The number of anilines is 1. The molecule has 0 bridgehead atoms. The molecule has 0 fully saturated rings. The predicted octanol–water partition coefficient (Wildman–Crippen LogP) is 4.13. The average molecular weight is 338 g/mol. The van der Waals surface area contributed by atoms with Crippen LogP contribution in [0.5, 0.6) is 5.75 Å². The van der Waals surface area contributed by atoms with Gasteiger partial charge in [-0.25, -0.2) is 0 Å². The number of benzene rings is 2. The molecule has 0 aliphatic carbocycles. The van der Waals surface area contributed by atoms with E-state index in [1.165, 1.54) is 12.1 Å². The first-order valence-corrected chi connectivity index (χ1v) is 7.18. The van der Waals surface area contributed by atoms with Gasteiger partial charge in [-0.3, -0.25) is 9.59 Å². The highest BCUT2D eigenvalue weighted by molar-refractivity contribution is 6.37. The summed E-state index contributed by atoms with van der Waals surface area (Å²) in [5.41, 5.74) is 2.06. The minimum Gasteiger partial charge on any atom is -0.481 e. The highest BCUT2D eigenvalue weighted by Crippen LogP contribution is 2.33. The third-order valence-electron chi connectivity index (χ3n) is 2.81. The van der Waals surface area contributed by atoms with Crippen molar-refractivity contribution in [2.24, 2.45) is 0 Å². The molecular formula is C16H13Cl2NO3. The van der Waals surface area contributed by atoms with Crippen molar-refractivity contribution in [1.82, 2.24) is 0 Å². The molecule has 0 spiro atoms. The summed E-state index contributed by atoms with van der Waals surface area (Å²) < 4.78 is 5.34. The van der Waals surface area contributed by atoms with E-state index in [0.717, 1.165) is 5.56 Å². The molecule has 0 atom stereocenters. The summed E-state index contributed by atoms with van der Waals surface area (Å²) in [7, 11) is 0. The number of hydrogen-bond donors (Lipinski definition) is 1. The van der Waals surface area contributed by atoms with Crippen molar-refractivity contribution in [3.63, 3.8) is 0 Å². The first-order valence-electron chi connectivity index (χ1n) is 6.43. The molecule has 0 saturated heterocycles. The quantitative estimate of drug-likeness (QED) is 0.834. The number of halogens is 2. The Labute approximate surface area is 138 Å². The number of carbonyl (C=O) groups is 2. The van der Waals surface area contributed by atoms with Crippen LogP contribution in [-0.2, 0) is 4.79 Å². The van der Waals surface area contributed by atoms with Gasteiger partial charge in [0.25, 0.3) is 5.91 Å². The van der Waals surface area contributed by atoms with Crippen molar-refractivity contribution >= 4 is 41.1 Å². The molecule has 0 aliphatic heterocycles. The fourth-order valence-corrected chi connectivity index (χ4v) is 2.46. The van der Waals surface area contributed by atoms with Gasteiger partial charge in [0, 0.05) is 11.3 Å². The van der Waals surface area contributed by atoms with Crippen molar-refractivity contribution in [3.8, 4) is 5.75 Å². The first kappa shape index (κ1) is 16.3. The molecule has 2 aromatic carbocycles. The van der Waals surface area contributed by atoms with Gasteiger partial charge in [0.2, 0.25) is 0 Å². The van der Waals surface area contributed by atoms with Crippen LogP contribution in [0.15, 0.2) is 36.4 Å². The summed E-state index contributed by atoms with van der Waals surface area (Å²) in [6.07, 6.45) is 0.631. The number of aldehydes is 1. The minimum atomic E-state index is -0.336. The van der Waals surface area contributed by atoms with Gasteiger partial charge < -0.3 is 10.1 Å². The molecule has 114 valence electrons. The third kappa shape index (κ3) is 4.23. The van der Waals surface area contributed by atoms with Crippen LogP contribution in [-0.4, -0.2) is 18.8 Å². The Balaban J connectivity index is 2.01. The van der Waals surface area contributed by atoms with Gasteiger partial charge in [0.15, 0.2) is 12.4 Å². The summed E-state index contributed by atoms with van der Waals surface area (Å²) in [5, 5.41) is 3.07. The van der Waals surface area contributed by atoms with Crippen LogP contribution < -0.4 is 10.1 Å². The topological polar surface area (TPSA) is 55.4 Å². The molecule has 4 nitrogen and oxygen atoms in total. The van der Waals surface area contributed by atoms with E-state index >= 15 is 0 Å². The maximum Gasteiger partial charge on any atom is 0.262 e. The van der Waals surface area contributed by atoms with Crippen molar-refractivity contribution in [1.29, 1.82) is 0 Å². The zero-order chi connectivity index (χ0) is 16.1. The molecule has 1 N–H and O–H groups in total. The highest BCUT2D eigenvalue weighted by atomic mass is 35.5. The SMILES string of the molecule is Cc1cccc(NC(=O)COc2c(Cl)cc(C=O)cc2Cl)c1. The van der Waals surface area contributed by atoms with E-state index in [4.69, 9.17) is 27.9 Å². The van der Waals surface area contributed by atoms with Gasteiger partial charge in [-0.05, 0) is 36.8 Å². The number of nitrogens with one attached hydrogen (secondary N) is 1. The Bertz CT molecular complexity index is 693. The van der Waals surface area contributed by atoms with E-state index in [9.17, 15) is 9.59 Å². The normalized spacial score (nSPS) is 10.1. The van der Waals surface area contributed by atoms with Crippen molar-refractivity contribution in [2.45, 2.75) is 6.92 Å². The van der Waals surface area contributed by atoms with Crippen LogP contribution in [0.2, 0.25) is 10.0 Å². The van der Waals surface area contributed by atoms with Gasteiger partial charge in [-0.2, -0.15) is 0 Å². The van der Waals surface area contributed by atoms with E-state index in [2.05, 4.69) is 5.32 Å². The zero-order valence-corrected chi connectivity index (χ0v) is 13.2. The van der Waals surface area contributed by atoms with Gasteiger partial charge in [0.1, 0.15) is 6.29 Å². The lowest BCUT2D eigenvalue weighted by atomic mass is 10.2. The van der Waals surface area contributed by atoms with Crippen LogP contribution >= 0.6 is 23.2 Å². The van der Waals surface area contributed by atoms with E-state index in [-0.39, 0.29) is 28.3 Å². The maximum absolute atomic E-state index is 11.9. The fourth-order valence-electron chi connectivity index (χ4n) is 1.84. The Morgan fingerprint density at radius 3 is 2.50 bits per heavy atom. The summed E-state index contributed by atoms with van der Waals surface area (Å²) in [6.45, 7) is 1.69. The van der Waals surface area contributed by atoms with Crippen molar-refractivity contribution in [2.75, 3.05) is 11.9 Å². The molecule has 0 aromatic heterocycles. The summed E-state index contributed by atoms with van der Waals surface area (Å²) in [4.78, 5) is 22.6. The fraction of sp³-hybridized carbons (Fsp3) is 0.125. The molecular weight excluding hydrogens is 325 g/mol. The van der Waals surface area contributed by atoms with E-state index in [0.29, 0.717) is 17.5 Å². The molecule has 22 heavy (non-hydrogen) atoms. The lowest BCUT2D eigenvalue weighted by Crippen LogP contribution is -2.20. The Morgan fingerprint density at radius 1 is 1.23 bits per heavy atom. The Kier molecular flexibility index (Phi) is 5.41. The largest absolute Gasteiger partial charge is 0.481 e. The molecule has 1 amide bonds. The summed E-state index contributed by atoms with van der Waals surface area (Å²) in [5.74, 6) is -0.162. The smallest absolute Gasteiger partial charge is 0.262 e. The molecule has 2 rings (SSSR count). The van der Waals surface area contributed by atoms with Gasteiger partial charge in [-0.1, -0.05) is 35.3 Å². The first-order chi connectivity index (χ1) is 10.5. The van der Waals surface area contributed by atoms with Gasteiger partial charge in [0.05, 0.1) is 10.0 Å². The Hall–Kier alpha value is -2.04. The summed E-state index contributed by atoms with van der Waals surface area (Å²) in [6, 6.07) is 10.3. The molecule has 6 heteroatoms. The van der Waals surface area contributed by atoms with E-state index in [1.54, 1.807) is 6.07 Å². The highest BCUT2D eigenvalue weighted by Gasteiger charge is 2.12. The predicted molar refractivity (Wildman–Crippen MR) is 87.2 cm³/mol. The molecule has 0 saturated carbocycles. The third-order valence-corrected chi connectivity index (χ3v) is 3.37. The number of rotatable bonds is 5. The molecule has 0 radical (unpaired) electrons. The minimum absolute atomic E-state index is 0.174. The van der Waals surface area contributed by atoms with E-state index in [1.807, 2.05) is 25.1 Å². The second-order valence-corrected chi connectivity index (χ2v) is 5.45. The van der Waals surface area contributed by atoms with Gasteiger partial charge in [-0.15, -0.1) is 0 Å². The van der Waals surface area contributed by atoms with Crippen LogP contribution in [0, 0.1) is 6.92 Å². The van der Waals surface area contributed by atoms with Crippen LogP contribution in [0.3, 0.4) is 0 Å². The monoisotopic (exact) mass is 337 g/mol. The number of amides is 1. The standard InChI is InChI=1S/C16H13Cl2NO3/c1-10-3-2-4-12(5-10)19-15(21)9-22-16-13(17)6-11(8-20)7-14(16)18/h2-8H,9H2,1H3,(H,19,21). The second kappa shape index (κ2) is 7.29. The second-order valence-electron chi connectivity index (χ2n) is 4.64. The van der Waals surface area contributed by atoms with Crippen molar-refractivity contribution < 1.29 is 14.3 Å². The molecule has 0 unspecified atom stereocenters. The van der Waals surface area contributed by atoms with Crippen molar-refractivity contribution in [3.05, 3.63) is 57.6 Å². The van der Waals surface area contributed by atoms with E-state index < -0.39 is 0 Å². The van der Waals surface area contributed by atoms with Crippen LogP contribution in [0.1, 0.15) is 15.9 Å². The number of carbonyl (C=O) groups excluding carboxylic acids is 2. The number of hydrogen-bond acceptors (Lipinski definition) is 3. The number of aryl methyl sites for hydroxylation is 1. The lowest BCUT2D eigenvalue weighted by molar-refractivity contribution is -0.118. The lowest BCUT2D eigenvalue weighted by Gasteiger charge is -2.11. The zero-order valence-electron chi connectivity index (χ0n) is 11.7. The molecule has 0 aliphatic rings. The summed E-state index contributed by atoms with van der Waals surface area (Å²) >= 11 is 12.0. The maximum atomic E-state index is 11.9. The Morgan fingerprint density at radius 2 is 1.91 bits per heavy atom. The molecule has 0 heterocycles. The number of ether oxygens (including phenoxy) is 1. The van der Waals surface area contributed by atoms with Crippen LogP contribution in [0.25, 0.3) is 0 Å². The van der Waals surface area contributed by atoms with Crippen LogP contribution in [0.4, 0.5) is 5.69 Å². The average Bonchev–Trinajstić information content (AvgIpc) is 2.46.